The summed E-state index contributed by atoms with van der Waals surface area (Å²) in [7, 11) is -3.78. The molecule has 88 valence electrons. The molecule has 0 amide bonds. The maximum atomic E-state index is 12.6. The summed E-state index contributed by atoms with van der Waals surface area (Å²) >= 11 is 0. The maximum Gasteiger partial charge on any atom is 0.299 e. The summed E-state index contributed by atoms with van der Waals surface area (Å²) in [4.78, 5) is 0. The molecule has 0 aliphatic rings. The predicted octanol–water partition coefficient (Wildman–Crippen LogP) is 1.28. The van der Waals surface area contributed by atoms with Crippen molar-refractivity contribution in [1.29, 1.82) is 0 Å². The van der Waals surface area contributed by atoms with Gasteiger partial charge in [0.2, 0.25) is 34.8 Å². The average Bonchev–Trinajstić information content (AvgIpc) is 2.18. The molecule has 0 spiro atoms. The minimum atomic E-state index is -3.78. The minimum absolute atomic E-state index is 0. The normalized spacial score (nSPS) is 10.1. The van der Waals surface area contributed by atoms with Crippen LogP contribution < -0.4 is 4.18 Å². The minimum Gasteiger partial charge on any atom is -0.378 e. The fraction of sp³-hybridized carbons (Fsp3) is 0. The molecule has 1 aromatic rings. The zero-order chi connectivity index (χ0) is 11.7. The van der Waals surface area contributed by atoms with Gasteiger partial charge in [-0.05, 0) is 0 Å². The van der Waals surface area contributed by atoms with Crippen molar-refractivity contribution in [2.45, 2.75) is 0 Å². The van der Waals surface area contributed by atoms with Gasteiger partial charge in [0.05, 0.1) is 0 Å². The van der Waals surface area contributed by atoms with Crippen LogP contribution in [0.2, 0.25) is 0 Å². The molecule has 10 heteroatoms. The molecule has 0 N–H and O–H groups in total. The molecule has 0 fully saturated rings. The van der Waals surface area contributed by atoms with Crippen molar-refractivity contribution >= 4 is 11.0 Å². The van der Waals surface area contributed by atoms with Crippen LogP contribution in [0.25, 0.3) is 0 Å². The van der Waals surface area contributed by atoms with E-state index < -0.39 is 45.8 Å². The second kappa shape index (κ2) is 5.72. The molecular weight excluding hydrogens is 338 g/mol. The fourth-order valence-corrected chi connectivity index (χ4v) is 1.05. The second-order valence-electron chi connectivity index (χ2n) is 2.21. The van der Waals surface area contributed by atoms with Gasteiger partial charge < -0.3 is 4.18 Å². The Balaban J connectivity index is 0.00000225. The predicted molar refractivity (Wildman–Crippen MR) is 37.2 cm³/mol. The third-order valence-corrected chi connectivity index (χ3v) is 1.67. The van der Waals surface area contributed by atoms with E-state index >= 15 is 0 Å². The third kappa shape index (κ3) is 2.79. The molecule has 0 aliphatic heterocycles. The Bertz CT molecular complexity index is 453. The van der Waals surface area contributed by atoms with Crippen molar-refractivity contribution in [2.24, 2.45) is 0 Å². The molecule has 0 heterocycles. The Labute approximate surface area is 106 Å². The molecule has 1 rings (SSSR count). The molecule has 0 saturated heterocycles. The van der Waals surface area contributed by atoms with E-state index in [4.69, 9.17) is 0 Å². The van der Waals surface area contributed by atoms with Gasteiger partial charge in [-0.15, -0.1) is 0 Å². The number of hydrogen-bond acceptors (Lipinski definition) is 3. The fourth-order valence-electron chi connectivity index (χ4n) is 0.739. The van der Waals surface area contributed by atoms with Gasteiger partial charge in [-0.3, -0.25) is 0 Å². The first-order chi connectivity index (χ1) is 6.86. The molecule has 1 aromatic carbocycles. The number of thiol groups is 1. The summed E-state index contributed by atoms with van der Waals surface area (Å²) < 4.78 is 85.8. The molecule has 0 bridgehead atoms. The van der Waals surface area contributed by atoms with Crippen LogP contribution in [0.15, 0.2) is 0 Å². The van der Waals surface area contributed by atoms with Crippen LogP contribution >= 0.6 is 0 Å². The first-order valence-electron chi connectivity index (χ1n) is 3.20. The van der Waals surface area contributed by atoms with Crippen LogP contribution in [0.4, 0.5) is 22.0 Å². The molecule has 0 radical (unpaired) electrons. The number of benzene rings is 1. The van der Waals surface area contributed by atoms with Crippen molar-refractivity contribution in [3.05, 3.63) is 29.1 Å². The van der Waals surface area contributed by atoms with Crippen LogP contribution in [0.1, 0.15) is 0 Å². The molecule has 0 atom stereocenters. The van der Waals surface area contributed by atoms with Crippen molar-refractivity contribution in [3.8, 4) is 5.75 Å². The van der Waals surface area contributed by atoms with E-state index in [1.54, 1.807) is 0 Å². The third-order valence-electron chi connectivity index (χ3n) is 1.34. The van der Waals surface area contributed by atoms with Gasteiger partial charge >= 0.3 is 0 Å². The molecule has 0 unspecified atom stereocenters. The van der Waals surface area contributed by atoms with Gasteiger partial charge in [-0.2, -0.15) is 17.2 Å². The Morgan fingerprint density at radius 3 is 1.38 bits per heavy atom. The van der Waals surface area contributed by atoms with Gasteiger partial charge in [-0.1, -0.05) is 0 Å². The smallest absolute Gasteiger partial charge is 0.299 e. The monoisotopic (exact) mass is 338 g/mol. The number of rotatable bonds is 2. The average molecular weight is 339 g/mol. The Morgan fingerprint density at radius 1 is 0.750 bits per heavy atom. The van der Waals surface area contributed by atoms with Crippen molar-refractivity contribution < 1.29 is 60.8 Å². The molecule has 0 aliphatic carbocycles. The van der Waals surface area contributed by atoms with Crippen LogP contribution in [-0.4, -0.2) is 8.42 Å². The van der Waals surface area contributed by atoms with Gasteiger partial charge in [0.1, 0.15) is 0 Å². The van der Waals surface area contributed by atoms with Gasteiger partial charge in [0.15, 0.2) is 0 Å². The summed E-state index contributed by atoms with van der Waals surface area (Å²) in [6.45, 7) is 0. The summed E-state index contributed by atoms with van der Waals surface area (Å²) in [5.41, 5.74) is 0. The second-order valence-corrected chi connectivity index (χ2v) is 2.84. The number of halogens is 5. The summed E-state index contributed by atoms with van der Waals surface area (Å²) in [5, 5.41) is 0. The summed E-state index contributed by atoms with van der Waals surface area (Å²) in [6, 6.07) is 0. The molecule has 0 aromatic heterocycles. The van der Waals surface area contributed by atoms with Gasteiger partial charge in [-0.25, -0.2) is 13.2 Å². The van der Waals surface area contributed by atoms with E-state index in [-0.39, 0.29) is 26.2 Å². The van der Waals surface area contributed by atoms with Crippen LogP contribution in [-0.2, 0) is 37.2 Å². The standard InChI is InChI=1S/C6HF5O3S.Zr/c7-1-2(8)4(10)6(14-15(12)13)5(11)3(1)9;/h15H;. The van der Waals surface area contributed by atoms with E-state index in [1.165, 1.54) is 0 Å². The molecule has 3 nitrogen and oxygen atoms in total. The van der Waals surface area contributed by atoms with Crippen LogP contribution in [0, 0.1) is 29.1 Å². The molecule has 0 saturated carbocycles. The zero-order valence-corrected chi connectivity index (χ0v) is 10.4. The van der Waals surface area contributed by atoms with Crippen LogP contribution in [0.3, 0.4) is 0 Å². The van der Waals surface area contributed by atoms with E-state index in [1.807, 2.05) is 0 Å². The van der Waals surface area contributed by atoms with E-state index in [2.05, 4.69) is 4.18 Å². The SMILES string of the molecule is O=[SH](=O)Oc1c(F)c(F)c(F)c(F)c1F.[Zr]. The zero-order valence-electron chi connectivity index (χ0n) is 7.06. The van der Waals surface area contributed by atoms with Gasteiger partial charge in [0.25, 0.3) is 11.0 Å². The van der Waals surface area contributed by atoms with Gasteiger partial charge in [0, 0.05) is 26.2 Å². The Morgan fingerprint density at radius 2 is 1.06 bits per heavy atom. The molecular formula is C6HF5O3SZr. The van der Waals surface area contributed by atoms with E-state index in [9.17, 15) is 30.4 Å². The topological polar surface area (TPSA) is 43.4 Å². The molecule has 16 heavy (non-hydrogen) atoms. The summed E-state index contributed by atoms with van der Waals surface area (Å²) in [5.74, 6) is -13.5. The van der Waals surface area contributed by atoms with E-state index in [0.29, 0.717) is 0 Å². The first kappa shape index (κ1) is 15.5. The Hall–Kier alpha value is -0.497. The summed E-state index contributed by atoms with van der Waals surface area (Å²) in [6.07, 6.45) is 0. The van der Waals surface area contributed by atoms with Crippen LogP contribution in [0.5, 0.6) is 5.75 Å². The number of hydrogen-bond donors (Lipinski definition) is 1. The first-order valence-corrected chi connectivity index (χ1v) is 4.29. The maximum absolute atomic E-state index is 12.6. The van der Waals surface area contributed by atoms with Crippen molar-refractivity contribution in [1.82, 2.24) is 0 Å². The van der Waals surface area contributed by atoms with Crippen molar-refractivity contribution in [3.63, 3.8) is 0 Å². The van der Waals surface area contributed by atoms with Crippen molar-refractivity contribution in [2.75, 3.05) is 0 Å². The quantitative estimate of drug-likeness (QED) is 0.382. The Kier molecular flexibility index (Phi) is 5.54. The largest absolute Gasteiger partial charge is 0.378 e. The van der Waals surface area contributed by atoms with E-state index in [0.717, 1.165) is 0 Å².